The number of aromatic nitrogens is 1. The molecule has 5 heteroatoms. The number of methoxy groups -OCH3 is 1. The normalized spacial score (nSPS) is 10.4. The van der Waals surface area contributed by atoms with Gasteiger partial charge in [-0.25, -0.2) is 4.98 Å². The molecule has 1 amide bonds. The second-order valence-electron chi connectivity index (χ2n) is 3.25. The van der Waals surface area contributed by atoms with Crippen LogP contribution in [0.5, 0.6) is 5.75 Å². The minimum absolute atomic E-state index is 0.0222. The van der Waals surface area contributed by atoms with E-state index in [1.165, 1.54) is 11.3 Å². The molecule has 0 atom stereocenters. The lowest BCUT2D eigenvalue weighted by molar-refractivity contribution is -0.115. The molecule has 0 radical (unpaired) electrons. The molecule has 0 aliphatic rings. The van der Waals surface area contributed by atoms with E-state index < -0.39 is 0 Å². The van der Waals surface area contributed by atoms with Crippen LogP contribution in [0.25, 0.3) is 10.2 Å². The number of thiazole rings is 1. The van der Waals surface area contributed by atoms with E-state index in [0.29, 0.717) is 11.6 Å². The quantitative estimate of drug-likeness (QED) is 0.891. The third kappa shape index (κ3) is 2.14. The molecule has 2 aromatic rings. The van der Waals surface area contributed by atoms with E-state index in [-0.39, 0.29) is 5.91 Å². The van der Waals surface area contributed by atoms with Gasteiger partial charge in [0, 0.05) is 6.42 Å². The number of fused-ring (bicyclic) bond motifs is 1. The van der Waals surface area contributed by atoms with Gasteiger partial charge in [0.1, 0.15) is 5.75 Å². The molecule has 0 aliphatic carbocycles. The number of nitrogens with zero attached hydrogens (tertiary/aromatic N) is 1. The Morgan fingerprint density at radius 3 is 3.06 bits per heavy atom. The fourth-order valence-corrected chi connectivity index (χ4v) is 2.20. The van der Waals surface area contributed by atoms with Gasteiger partial charge in [-0.15, -0.1) is 0 Å². The van der Waals surface area contributed by atoms with Crippen molar-refractivity contribution in [3.63, 3.8) is 0 Å². The van der Waals surface area contributed by atoms with Crippen LogP contribution in [0, 0.1) is 0 Å². The predicted octanol–water partition coefficient (Wildman–Crippen LogP) is 2.65. The van der Waals surface area contributed by atoms with Gasteiger partial charge in [-0.2, -0.15) is 0 Å². The summed E-state index contributed by atoms with van der Waals surface area (Å²) < 4.78 is 6.13. The second kappa shape index (κ2) is 4.49. The molecule has 1 N–H and O–H groups in total. The molecule has 84 valence electrons. The van der Waals surface area contributed by atoms with Crippen LogP contribution in [-0.4, -0.2) is 18.0 Å². The van der Waals surface area contributed by atoms with E-state index in [4.69, 9.17) is 4.74 Å². The number of carbonyl (C=O) groups excluding carboxylic acids is 1. The van der Waals surface area contributed by atoms with Gasteiger partial charge in [0.15, 0.2) is 5.13 Å². The highest BCUT2D eigenvalue weighted by Crippen LogP contribution is 2.29. The first-order valence-corrected chi connectivity index (χ1v) is 5.79. The molecule has 0 spiro atoms. The summed E-state index contributed by atoms with van der Waals surface area (Å²) in [6.07, 6.45) is 0.458. The Balaban J connectivity index is 2.32. The van der Waals surface area contributed by atoms with Crippen molar-refractivity contribution in [1.82, 2.24) is 4.98 Å². The van der Waals surface area contributed by atoms with Gasteiger partial charge in [0.2, 0.25) is 5.91 Å². The van der Waals surface area contributed by atoms with Crippen LogP contribution < -0.4 is 10.1 Å². The highest BCUT2D eigenvalue weighted by molar-refractivity contribution is 7.22. The number of carbonyl (C=O) groups is 1. The first-order chi connectivity index (χ1) is 7.72. The molecule has 2 rings (SSSR count). The van der Waals surface area contributed by atoms with Gasteiger partial charge in [-0.3, -0.25) is 4.79 Å². The van der Waals surface area contributed by atoms with Crippen LogP contribution in [0.2, 0.25) is 0 Å². The minimum atomic E-state index is -0.0222. The van der Waals surface area contributed by atoms with Gasteiger partial charge >= 0.3 is 0 Å². The number of rotatable bonds is 3. The maximum absolute atomic E-state index is 11.2. The van der Waals surface area contributed by atoms with Gasteiger partial charge < -0.3 is 10.1 Å². The molecule has 0 saturated carbocycles. The number of amides is 1. The zero-order valence-electron chi connectivity index (χ0n) is 9.11. The number of nitrogens with one attached hydrogen (secondary N) is 1. The van der Waals surface area contributed by atoms with Crippen molar-refractivity contribution in [3.05, 3.63) is 18.2 Å². The Morgan fingerprint density at radius 1 is 1.56 bits per heavy atom. The van der Waals surface area contributed by atoms with E-state index in [1.807, 2.05) is 25.1 Å². The second-order valence-corrected chi connectivity index (χ2v) is 4.29. The Hall–Kier alpha value is -1.62. The fraction of sp³-hybridized carbons (Fsp3) is 0.273. The smallest absolute Gasteiger partial charge is 0.225 e. The van der Waals surface area contributed by atoms with Crippen LogP contribution >= 0.6 is 11.3 Å². The summed E-state index contributed by atoms with van der Waals surface area (Å²) in [4.78, 5) is 15.5. The average Bonchev–Trinajstić information content (AvgIpc) is 2.69. The lowest BCUT2D eigenvalue weighted by atomic mass is 10.3. The summed E-state index contributed by atoms with van der Waals surface area (Å²) in [6, 6.07) is 5.65. The lowest BCUT2D eigenvalue weighted by Crippen LogP contribution is -2.08. The van der Waals surface area contributed by atoms with E-state index >= 15 is 0 Å². The highest BCUT2D eigenvalue weighted by atomic mass is 32.1. The van der Waals surface area contributed by atoms with Gasteiger partial charge in [0.25, 0.3) is 0 Å². The number of anilines is 1. The Bertz CT molecular complexity index is 522. The lowest BCUT2D eigenvalue weighted by Gasteiger charge is -1.96. The zero-order chi connectivity index (χ0) is 11.5. The first-order valence-electron chi connectivity index (χ1n) is 4.97. The van der Waals surface area contributed by atoms with Crippen LogP contribution in [0.1, 0.15) is 13.3 Å². The van der Waals surface area contributed by atoms with Gasteiger partial charge in [-0.05, 0) is 18.2 Å². The van der Waals surface area contributed by atoms with E-state index in [0.717, 1.165) is 16.0 Å². The molecule has 0 unspecified atom stereocenters. The number of hydrogen-bond donors (Lipinski definition) is 1. The molecule has 0 fully saturated rings. The van der Waals surface area contributed by atoms with Crippen LogP contribution in [0.4, 0.5) is 5.13 Å². The zero-order valence-corrected chi connectivity index (χ0v) is 9.93. The number of benzene rings is 1. The standard InChI is InChI=1S/C11H12N2O2S/c1-3-10(14)13-11-12-8-5-4-7(15-2)6-9(8)16-11/h4-6H,3H2,1-2H3,(H,12,13,14). The van der Waals surface area contributed by atoms with Crippen molar-refractivity contribution < 1.29 is 9.53 Å². The Morgan fingerprint density at radius 2 is 2.38 bits per heavy atom. The maximum atomic E-state index is 11.2. The monoisotopic (exact) mass is 236 g/mol. The molecule has 0 saturated heterocycles. The summed E-state index contributed by atoms with van der Waals surface area (Å²) >= 11 is 1.45. The SMILES string of the molecule is CCC(=O)Nc1nc2ccc(OC)cc2s1. The molecule has 16 heavy (non-hydrogen) atoms. The van der Waals surface area contributed by atoms with Crippen molar-refractivity contribution in [3.8, 4) is 5.75 Å². The van der Waals surface area contributed by atoms with Crippen molar-refractivity contribution in [2.75, 3.05) is 12.4 Å². The van der Waals surface area contributed by atoms with Crippen LogP contribution in [0.15, 0.2) is 18.2 Å². The Labute approximate surface area is 97.3 Å². The Kier molecular flexibility index (Phi) is 3.05. The van der Waals surface area contributed by atoms with Crippen LogP contribution in [0.3, 0.4) is 0 Å². The third-order valence-electron chi connectivity index (χ3n) is 2.16. The summed E-state index contributed by atoms with van der Waals surface area (Å²) in [5, 5.41) is 3.38. The van der Waals surface area contributed by atoms with Gasteiger partial charge in [0.05, 0.1) is 17.3 Å². The largest absolute Gasteiger partial charge is 0.497 e. The van der Waals surface area contributed by atoms with Crippen LogP contribution in [-0.2, 0) is 4.79 Å². The van der Waals surface area contributed by atoms with Crippen molar-refractivity contribution >= 4 is 32.6 Å². The average molecular weight is 236 g/mol. The molecular formula is C11H12N2O2S. The summed E-state index contributed by atoms with van der Waals surface area (Å²) in [5.74, 6) is 0.774. The number of hydrogen-bond acceptors (Lipinski definition) is 4. The third-order valence-corrected chi connectivity index (χ3v) is 3.10. The molecule has 1 aromatic heterocycles. The van der Waals surface area contributed by atoms with E-state index in [2.05, 4.69) is 10.3 Å². The summed E-state index contributed by atoms with van der Waals surface area (Å²) in [7, 11) is 1.63. The van der Waals surface area contributed by atoms with E-state index in [1.54, 1.807) is 7.11 Å². The van der Waals surface area contributed by atoms with Crippen molar-refractivity contribution in [2.45, 2.75) is 13.3 Å². The number of ether oxygens (including phenoxy) is 1. The van der Waals surface area contributed by atoms with Crippen molar-refractivity contribution in [2.24, 2.45) is 0 Å². The topological polar surface area (TPSA) is 51.2 Å². The maximum Gasteiger partial charge on any atom is 0.225 e. The fourth-order valence-electron chi connectivity index (χ4n) is 1.29. The molecule has 4 nitrogen and oxygen atoms in total. The van der Waals surface area contributed by atoms with E-state index in [9.17, 15) is 4.79 Å². The molecular weight excluding hydrogens is 224 g/mol. The van der Waals surface area contributed by atoms with Crippen molar-refractivity contribution in [1.29, 1.82) is 0 Å². The van der Waals surface area contributed by atoms with Gasteiger partial charge in [-0.1, -0.05) is 18.3 Å². The molecule has 1 aromatic carbocycles. The summed E-state index contributed by atoms with van der Waals surface area (Å²) in [6.45, 7) is 1.81. The molecule has 0 aliphatic heterocycles. The highest BCUT2D eigenvalue weighted by Gasteiger charge is 2.06. The first kappa shape index (κ1) is 10.9. The molecule has 0 bridgehead atoms. The summed E-state index contributed by atoms with van der Waals surface area (Å²) in [5.41, 5.74) is 0.872. The minimum Gasteiger partial charge on any atom is -0.497 e. The predicted molar refractivity (Wildman–Crippen MR) is 65.1 cm³/mol. The molecule has 1 heterocycles.